The van der Waals surface area contributed by atoms with Crippen LogP contribution in [0.25, 0.3) is 11.4 Å². The van der Waals surface area contributed by atoms with E-state index in [1.807, 2.05) is 13.0 Å². The maximum Gasteiger partial charge on any atom is 0.164 e. The molecule has 1 unspecified atom stereocenters. The molecule has 1 fully saturated rings. The first kappa shape index (κ1) is 13.9. The highest BCUT2D eigenvalue weighted by molar-refractivity contribution is 5.58. The summed E-state index contributed by atoms with van der Waals surface area (Å²) in [5.74, 6) is 0.891. The molecule has 0 amide bonds. The molecule has 2 N–H and O–H groups in total. The van der Waals surface area contributed by atoms with E-state index in [0.717, 1.165) is 37.4 Å². The molecule has 1 saturated heterocycles. The fourth-order valence-corrected chi connectivity index (χ4v) is 2.59. The number of benzene rings is 1. The molecule has 0 aliphatic carbocycles. The van der Waals surface area contributed by atoms with Crippen LogP contribution in [0.5, 0.6) is 0 Å². The van der Waals surface area contributed by atoms with Gasteiger partial charge in [-0.05, 0) is 38.4 Å². The number of aryl methyl sites for hydroxylation is 1. The molecule has 1 aliphatic rings. The molecular formula is C16H19FN4. The minimum Gasteiger partial charge on any atom is -0.366 e. The lowest BCUT2D eigenvalue weighted by atomic mass is 10.1. The summed E-state index contributed by atoms with van der Waals surface area (Å²) in [6.07, 6.45) is 2.27. The molecule has 1 aromatic carbocycles. The van der Waals surface area contributed by atoms with Crippen molar-refractivity contribution in [2.45, 2.75) is 25.8 Å². The van der Waals surface area contributed by atoms with Crippen LogP contribution in [0.3, 0.4) is 0 Å². The molecular weight excluding hydrogens is 267 g/mol. The molecule has 5 heteroatoms. The molecule has 3 rings (SSSR count). The van der Waals surface area contributed by atoms with Crippen molar-refractivity contribution in [2.24, 2.45) is 0 Å². The van der Waals surface area contributed by atoms with E-state index in [2.05, 4.69) is 20.6 Å². The third kappa shape index (κ3) is 3.36. The number of hydrogen-bond acceptors (Lipinski definition) is 4. The molecule has 0 radical (unpaired) electrons. The van der Waals surface area contributed by atoms with Crippen molar-refractivity contribution >= 4 is 5.82 Å². The molecule has 4 nitrogen and oxygen atoms in total. The van der Waals surface area contributed by atoms with Gasteiger partial charge in [-0.25, -0.2) is 14.4 Å². The van der Waals surface area contributed by atoms with Crippen molar-refractivity contribution in [1.82, 2.24) is 15.3 Å². The largest absolute Gasteiger partial charge is 0.366 e. The van der Waals surface area contributed by atoms with Gasteiger partial charge in [0.05, 0.1) is 5.56 Å². The summed E-state index contributed by atoms with van der Waals surface area (Å²) in [7, 11) is 0. The number of anilines is 1. The number of piperidine rings is 1. The Morgan fingerprint density at radius 3 is 2.90 bits per heavy atom. The SMILES string of the molecule is Cc1cc(NC2CCCNC2)nc(-c2ccccc2F)n1. The molecule has 2 aromatic rings. The van der Waals surface area contributed by atoms with Crippen molar-refractivity contribution in [3.05, 3.63) is 41.8 Å². The van der Waals surface area contributed by atoms with Crippen LogP contribution in [0.2, 0.25) is 0 Å². The Labute approximate surface area is 123 Å². The Kier molecular flexibility index (Phi) is 4.10. The van der Waals surface area contributed by atoms with Crippen LogP contribution in [-0.2, 0) is 0 Å². The zero-order valence-corrected chi connectivity index (χ0v) is 12.1. The first-order valence-corrected chi connectivity index (χ1v) is 7.30. The van der Waals surface area contributed by atoms with Crippen LogP contribution in [0.4, 0.5) is 10.2 Å². The van der Waals surface area contributed by atoms with Crippen LogP contribution in [0.1, 0.15) is 18.5 Å². The van der Waals surface area contributed by atoms with Gasteiger partial charge in [0.1, 0.15) is 11.6 Å². The average Bonchev–Trinajstić information content (AvgIpc) is 2.48. The Morgan fingerprint density at radius 2 is 2.14 bits per heavy atom. The van der Waals surface area contributed by atoms with Crippen LogP contribution in [0.15, 0.2) is 30.3 Å². The van der Waals surface area contributed by atoms with E-state index in [1.54, 1.807) is 18.2 Å². The summed E-state index contributed by atoms with van der Waals surface area (Å²) in [6.45, 7) is 3.90. The minimum absolute atomic E-state index is 0.298. The highest BCUT2D eigenvalue weighted by Crippen LogP contribution is 2.21. The number of hydrogen-bond donors (Lipinski definition) is 2. The van der Waals surface area contributed by atoms with Gasteiger partial charge in [-0.15, -0.1) is 0 Å². The summed E-state index contributed by atoms with van der Waals surface area (Å²) in [4.78, 5) is 8.82. The van der Waals surface area contributed by atoms with E-state index in [1.165, 1.54) is 6.07 Å². The molecule has 0 saturated carbocycles. The van der Waals surface area contributed by atoms with Gasteiger partial charge in [0, 0.05) is 24.3 Å². The lowest BCUT2D eigenvalue weighted by molar-refractivity contribution is 0.479. The minimum atomic E-state index is -0.298. The van der Waals surface area contributed by atoms with E-state index in [0.29, 0.717) is 17.4 Å². The first-order valence-electron chi connectivity index (χ1n) is 7.30. The molecule has 2 heterocycles. The van der Waals surface area contributed by atoms with Crippen molar-refractivity contribution in [2.75, 3.05) is 18.4 Å². The predicted molar refractivity (Wildman–Crippen MR) is 81.7 cm³/mol. The third-order valence-electron chi connectivity index (χ3n) is 3.62. The van der Waals surface area contributed by atoms with Gasteiger partial charge in [0.15, 0.2) is 5.82 Å². The smallest absolute Gasteiger partial charge is 0.164 e. The zero-order valence-electron chi connectivity index (χ0n) is 12.1. The van der Waals surface area contributed by atoms with E-state index in [-0.39, 0.29) is 5.82 Å². The number of nitrogens with one attached hydrogen (secondary N) is 2. The zero-order chi connectivity index (χ0) is 14.7. The molecule has 0 bridgehead atoms. The average molecular weight is 286 g/mol. The van der Waals surface area contributed by atoms with E-state index < -0.39 is 0 Å². The number of aromatic nitrogens is 2. The molecule has 1 aromatic heterocycles. The van der Waals surface area contributed by atoms with Crippen LogP contribution >= 0.6 is 0 Å². The monoisotopic (exact) mass is 286 g/mol. The van der Waals surface area contributed by atoms with Gasteiger partial charge in [-0.2, -0.15) is 0 Å². The number of rotatable bonds is 3. The Balaban J connectivity index is 1.87. The molecule has 21 heavy (non-hydrogen) atoms. The van der Waals surface area contributed by atoms with Gasteiger partial charge in [-0.3, -0.25) is 0 Å². The van der Waals surface area contributed by atoms with E-state index in [4.69, 9.17) is 0 Å². The summed E-state index contributed by atoms with van der Waals surface area (Å²) in [6, 6.07) is 8.86. The highest BCUT2D eigenvalue weighted by atomic mass is 19.1. The molecule has 110 valence electrons. The van der Waals surface area contributed by atoms with Gasteiger partial charge in [0.25, 0.3) is 0 Å². The molecule has 0 spiro atoms. The van der Waals surface area contributed by atoms with Gasteiger partial charge >= 0.3 is 0 Å². The lowest BCUT2D eigenvalue weighted by Crippen LogP contribution is -2.38. The van der Waals surface area contributed by atoms with Crippen LogP contribution in [0, 0.1) is 12.7 Å². The molecule has 1 aliphatic heterocycles. The summed E-state index contributed by atoms with van der Waals surface area (Å²) < 4.78 is 13.9. The Hall–Kier alpha value is -2.01. The normalized spacial score (nSPS) is 18.5. The maximum absolute atomic E-state index is 13.9. The van der Waals surface area contributed by atoms with Crippen LogP contribution in [-0.4, -0.2) is 29.1 Å². The van der Waals surface area contributed by atoms with Gasteiger partial charge in [0.2, 0.25) is 0 Å². The summed E-state index contributed by atoms with van der Waals surface area (Å²) in [5, 5.41) is 6.77. The van der Waals surface area contributed by atoms with Crippen molar-refractivity contribution in [1.29, 1.82) is 0 Å². The second-order valence-electron chi connectivity index (χ2n) is 5.39. The lowest BCUT2D eigenvalue weighted by Gasteiger charge is -2.24. The van der Waals surface area contributed by atoms with Gasteiger partial charge in [-0.1, -0.05) is 12.1 Å². The second kappa shape index (κ2) is 6.18. The number of nitrogens with zero attached hydrogens (tertiary/aromatic N) is 2. The Bertz CT molecular complexity index is 623. The number of halogens is 1. The van der Waals surface area contributed by atoms with Crippen LogP contribution < -0.4 is 10.6 Å². The van der Waals surface area contributed by atoms with Crippen molar-refractivity contribution < 1.29 is 4.39 Å². The summed E-state index contributed by atoms with van der Waals surface area (Å²) in [5.41, 5.74) is 1.26. The Morgan fingerprint density at radius 1 is 1.29 bits per heavy atom. The highest BCUT2D eigenvalue weighted by Gasteiger charge is 2.15. The van der Waals surface area contributed by atoms with Crippen molar-refractivity contribution in [3.63, 3.8) is 0 Å². The van der Waals surface area contributed by atoms with Crippen molar-refractivity contribution in [3.8, 4) is 11.4 Å². The molecule has 1 atom stereocenters. The fourth-order valence-electron chi connectivity index (χ4n) is 2.59. The van der Waals surface area contributed by atoms with Gasteiger partial charge < -0.3 is 10.6 Å². The van der Waals surface area contributed by atoms with E-state index >= 15 is 0 Å². The first-order chi connectivity index (χ1) is 10.2. The predicted octanol–water partition coefficient (Wildman–Crippen LogP) is 2.76. The quantitative estimate of drug-likeness (QED) is 0.911. The second-order valence-corrected chi connectivity index (χ2v) is 5.39. The summed E-state index contributed by atoms with van der Waals surface area (Å²) >= 11 is 0. The topological polar surface area (TPSA) is 49.8 Å². The maximum atomic E-state index is 13.9. The fraction of sp³-hybridized carbons (Fsp3) is 0.375. The standard InChI is InChI=1S/C16H19FN4/c1-11-9-15(20-12-5-4-8-18-10-12)21-16(19-11)13-6-2-3-7-14(13)17/h2-3,6-7,9,12,18H,4-5,8,10H2,1H3,(H,19,20,21). The van der Waals surface area contributed by atoms with E-state index in [9.17, 15) is 4.39 Å². The third-order valence-corrected chi connectivity index (χ3v) is 3.62.